The second-order valence-electron chi connectivity index (χ2n) is 4.95. The second-order valence-corrected chi connectivity index (χ2v) is 4.95. The maximum atomic E-state index is 11.9. The molecule has 5 heteroatoms. The second kappa shape index (κ2) is 7.04. The number of aliphatic hydroxyl groups excluding tert-OH is 1. The molecule has 21 heavy (non-hydrogen) atoms. The van der Waals surface area contributed by atoms with Crippen molar-refractivity contribution in [1.82, 2.24) is 4.90 Å². The first-order chi connectivity index (χ1) is 10.2. The minimum atomic E-state index is -0.421. The first-order valence-electron chi connectivity index (χ1n) is 6.90. The van der Waals surface area contributed by atoms with Crippen molar-refractivity contribution in [1.29, 1.82) is 0 Å². The molecule has 0 radical (unpaired) electrons. The van der Waals surface area contributed by atoms with Crippen LogP contribution in [-0.4, -0.2) is 41.6 Å². The third-order valence-electron chi connectivity index (χ3n) is 3.66. The number of likely N-dealkylation sites (tertiary alicyclic amines) is 1. The summed E-state index contributed by atoms with van der Waals surface area (Å²) in [5.41, 5.74) is 1.80. The Morgan fingerprint density at radius 1 is 1.48 bits per heavy atom. The van der Waals surface area contributed by atoms with Gasteiger partial charge in [-0.1, -0.05) is 24.3 Å². The summed E-state index contributed by atoms with van der Waals surface area (Å²) in [5.74, 6) is -0.365. The highest BCUT2D eigenvalue weighted by atomic mass is 16.5. The minimum absolute atomic E-state index is 0.0219. The van der Waals surface area contributed by atoms with Gasteiger partial charge in [-0.2, -0.15) is 0 Å². The van der Waals surface area contributed by atoms with Gasteiger partial charge in [0.25, 0.3) is 0 Å². The molecular weight excluding hydrogens is 270 g/mol. The lowest BCUT2D eigenvalue weighted by molar-refractivity contribution is -0.134. The number of nitrogens with zero attached hydrogens (tertiary/aromatic N) is 1. The molecule has 1 amide bonds. The topological polar surface area (TPSA) is 66.8 Å². The Morgan fingerprint density at radius 2 is 2.24 bits per heavy atom. The Labute approximate surface area is 123 Å². The molecule has 1 N–H and O–H groups in total. The molecule has 1 atom stereocenters. The largest absolute Gasteiger partial charge is 0.466 e. The molecule has 1 saturated heterocycles. The van der Waals surface area contributed by atoms with Gasteiger partial charge < -0.3 is 14.7 Å². The molecule has 5 nitrogen and oxygen atoms in total. The maximum absolute atomic E-state index is 11.9. The van der Waals surface area contributed by atoms with Gasteiger partial charge in [0.15, 0.2) is 0 Å². The Bertz CT molecular complexity index is 553. The predicted octanol–water partition coefficient (Wildman–Crippen LogP) is 1.36. The van der Waals surface area contributed by atoms with Crippen LogP contribution in [0.4, 0.5) is 0 Å². The summed E-state index contributed by atoms with van der Waals surface area (Å²) in [6.07, 6.45) is 4.20. The van der Waals surface area contributed by atoms with E-state index in [0.29, 0.717) is 19.4 Å². The number of carbonyl (C=O) groups excluding carboxylic acids is 2. The van der Waals surface area contributed by atoms with E-state index in [1.807, 2.05) is 24.3 Å². The zero-order chi connectivity index (χ0) is 15.2. The molecule has 1 heterocycles. The molecule has 1 aromatic rings. The van der Waals surface area contributed by atoms with Gasteiger partial charge in [0, 0.05) is 19.0 Å². The van der Waals surface area contributed by atoms with Crippen molar-refractivity contribution in [2.75, 3.05) is 13.7 Å². The molecule has 0 aromatic heterocycles. The Hall–Kier alpha value is -2.14. The van der Waals surface area contributed by atoms with Crippen LogP contribution >= 0.6 is 0 Å². The van der Waals surface area contributed by atoms with Crippen molar-refractivity contribution in [3.8, 4) is 0 Å². The summed E-state index contributed by atoms with van der Waals surface area (Å²) in [7, 11) is 1.33. The van der Waals surface area contributed by atoms with Crippen LogP contribution in [0.1, 0.15) is 24.0 Å². The highest BCUT2D eigenvalue weighted by Crippen LogP contribution is 2.23. The summed E-state index contributed by atoms with van der Waals surface area (Å²) < 4.78 is 4.57. The van der Waals surface area contributed by atoms with Crippen LogP contribution in [0.2, 0.25) is 0 Å². The van der Waals surface area contributed by atoms with Crippen LogP contribution in [-0.2, 0) is 20.9 Å². The summed E-state index contributed by atoms with van der Waals surface area (Å²) in [5, 5.41) is 9.34. The van der Waals surface area contributed by atoms with E-state index in [2.05, 4.69) is 4.74 Å². The average molecular weight is 289 g/mol. The fraction of sp³-hybridized carbons (Fsp3) is 0.375. The zero-order valence-electron chi connectivity index (χ0n) is 12.0. The number of methoxy groups -OCH3 is 1. The van der Waals surface area contributed by atoms with Gasteiger partial charge in [-0.05, 0) is 23.6 Å². The summed E-state index contributed by atoms with van der Waals surface area (Å²) >= 11 is 0. The van der Waals surface area contributed by atoms with E-state index >= 15 is 0 Å². The Kier molecular flexibility index (Phi) is 5.11. The van der Waals surface area contributed by atoms with Gasteiger partial charge in [-0.3, -0.25) is 4.79 Å². The molecule has 0 spiro atoms. The number of amides is 1. The average Bonchev–Trinajstić information content (AvgIpc) is 2.86. The predicted molar refractivity (Wildman–Crippen MR) is 78.1 cm³/mol. The van der Waals surface area contributed by atoms with Gasteiger partial charge in [0.2, 0.25) is 5.91 Å². The van der Waals surface area contributed by atoms with Gasteiger partial charge in [0.1, 0.15) is 0 Å². The summed E-state index contributed by atoms with van der Waals surface area (Å²) in [4.78, 5) is 24.8. The molecule has 112 valence electrons. The fourth-order valence-corrected chi connectivity index (χ4v) is 2.45. The van der Waals surface area contributed by atoms with E-state index in [4.69, 9.17) is 0 Å². The number of benzene rings is 1. The first-order valence-corrected chi connectivity index (χ1v) is 6.90. The van der Waals surface area contributed by atoms with Crippen LogP contribution in [0.5, 0.6) is 0 Å². The van der Waals surface area contributed by atoms with E-state index in [-0.39, 0.29) is 18.6 Å². The monoisotopic (exact) mass is 289 g/mol. The lowest BCUT2D eigenvalue weighted by atomic mass is 10.1. The SMILES string of the molecule is COC(=O)C=Cc1ccccc1CN1C(=O)CC[C@@H]1CO. The maximum Gasteiger partial charge on any atom is 0.330 e. The van der Waals surface area contributed by atoms with Crippen LogP contribution in [0.3, 0.4) is 0 Å². The molecule has 0 saturated carbocycles. The van der Waals surface area contributed by atoms with Crippen molar-refractivity contribution in [2.45, 2.75) is 25.4 Å². The molecule has 0 bridgehead atoms. The summed E-state index contributed by atoms with van der Waals surface area (Å²) in [6, 6.07) is 7.44. The number of ether oxygens (including phenoxy) is 1. The van der Waals surface area contributed by atoms with E-state index in [0.717, 1.165) is 11.1 Å². The molecule has 0 unspecified atom stereocenters. The first kappa shape index (κ1) is 15.3. The molecule has 1 fully saturated rings. The fourth-order valence-electron chi connectivity index (χ4n) is 2.45. The quantitative estimate of drug-likeness (QED) is 0.656. The van der Waals surface area contributed by atoms with E-state index in [9.17, 15) is 14.7 Å². The van der Waals surface area contributed by atoms with Crippen LogP contribution < -0.4 is 0 Å². The number of rotatable bonds is 5. The number of hydrogen-bond donors (Lipinski definition) is 1. The van der Waals surface area contributed by atoms with E-state index < -0.39 is 5.97 Å². The molecular formula is C16H19NO4. The van der Waals surface area contributed by atoms with Crippen LogP contribution in [0.15, 0.2) is 30.3 Å². The smallest absolute Gasteiger partial charge is 0.330 e. The number of esters is 1. The minimum Gasteiger partial charge on any atom is -0.466 e. The van der Waals surface area contributed by atoms with Gasteiger partial charge in [-0.15, -0.1) is 0 Å². The number of hydrogen-bond acceptors (Lipinski definition) is 4. The zero-order valence-corrected chi connectivity index (χ0v) is 12.0. The lowest BCUT2D eigenvalue weighted by Crippen LogP contribution is -2.34. The highest BCUT2D eigenvalue weighted by molar-refractivity contribution is 5.87. The van der Waals surface area contributed by atoms with Crippen molar-refractivity contribution in [3.63, 3.8) is 0 Å². The standard InChI is InChI=1S/C16H19NO4/c1-21-16(20)9-6-12-4-2-3-5-13(12)10-17-14(11-18)7-8-15(17)19/h2-6,9,14,18H,7-8,10-11H2,1H3/t14-/m1/s1. The van der Waals surface area contributed by atoms with E-state index in [1.54, 1.807) is 11.0 Å². The van der Waals surface area contributed by atoms with Crippen LogP contribution in [0, 0.1) is 0 Å². The molecule has 1 aromatic carbocycles. The normalized spacial score (nSPS) is 18.5. The summed E-state index contributed by atoms with van der Waals surface area (Å²) in [6.45, 7) is 0.414. The lowest BCUT2D eigenvalue weighted by Gasteiger charge is -2.24. The molecule has 1 aliphatic heterocycles. The molecule has 2 rings (SSSR count). The molecule has 1 aliphatic rings. The van der Waals surface area contributed by atoms with Crippen molar-refractivity contribution >= 4 is 18.0 Å². The van der Waals surface area contributed by atoms with E-state index in [1.165, 1.54) is 13.2 Å². The van der Waals surface area contributed by atoms with Crippen LogP contribution in [0.25, 0.3) is 6.08 Å². The van der Waals surface area contributed by atoms with Gasteiger partial charge in [0.05, 0.1) is 19.8 Å². The third kappa shape index (κ3) is 3.70. The van der Waals surface area contributed by atoms with Gasteiger partial charge in [-0.25, -0.2) is 4.79 Å². The number of carbonyl (C=O) groups is 2. The molecule has 0 aliphatic carbocycles. The Morgan fingerprint density at radius 3 is 2.95 bits per heavy atom. The Balaban J connectivity index is 2.18. The third-order valence-corrected chi connectivity index (χ3v) is 3.66. The highest BCUT2D eigenvalue weighted by Gasteiger charge is 2.30. The van der Waals surface area contributed by atoms with Crippen molar-refractivity contribution in [3.05, 3.63) is 41.5 Å². The van der Waals surface area contributed by atoms with Gasteiger partial charge >= 0.3 is 5.97 Å². The van der Waals surface area contributed by atoms with Crippen molar-refractivity contribution < 1.29 is 19.4 Å². The number of aliphatic hydroxyl groups is 1. The van der Waals surface area contributed by atoms with Crippen molar-refractivity contribution in [2.24, 2.45) is 0 Å².